The molecule has 7 nitrogen and oxygen atoms in total. The Morgan fingerprint density at radius 3 is 2.76 bits per heavy atom. The van der Waals surface area contributed by atoms with Gasteiger partial charge in [-0.1, -0.05) is 24.7 Å². The Bertz CT molecular complexity index is 643. The summed E-state index contributed by atoms with van der Waals surface area (Å²) >= 11 is 0.882. The van der Waals surface area contributed by atoms with Crippen LogP contribution in [0.2, 0.25) is 0 Å². The highest BCUT2D eigenvalue weighted by Crippen LogP contribution is 2.44. The van der Waals surface area contributed by atoms with E-state index in [1.807, 2.05) is 0 Å². The van der Waals surface area contributed by atoms with E-state index in [9.17, 15) is 13.2 Å². The summed E-state index contributed by atoms with van der Waals surface area (Å²) in [6.07, 6.45) is 4.68. The predicted molar refractivity (Wildman–Crippen MR) is 78.4 cm³/mol. The van der Waals surface area contributed by atoms with Crippen LogP contribution in [0, 0.1) is 11.8 Å². The van der Waals surface area contributed by atoms with Gasteiger partial charge in [0.05, 0.1) is 0 Å². The van der Waals surface area contributed by atoms with Crippen molar-refractivity contribution in [3.05, 3.63) is 0 Å². The molecular weight excluding hydrogens is 312 g/mol. The van der Waals surface area contributed by atoms with Crippen molar-refractivity contribution in [2.45, 2.75) is 49.4 Å². The topological polar surface area (TPSA) is 101 Å². The van der Waals surface area contributed by atoms with E-state index in [0.717, 1.165) is 30.6 Å². The lowest BCUT2D eigenvalue weighted by Gasteiger charge is -2.21. The van der Waals surface area contributed by atoms with E-state index < -0.39 is 10.0 Å². The summed E-state index contributed by atoms with van der Waals surface area (Å²) in [7, 11) is -3.64. The first-order chi connectivity index (χ1) is 9.98. The highest BCUT2D eigenvalue weighted by Gasteiger charge is 2.41. The summed E-state index contributed by atoms with van der Waals surface area (Å²) in [6, 6.07) is 0.0198. The minimum Gasteiger partial charge on any atom is -0.301 e. The number of amides is 1. The number of fused-ring (bicyclic) bond motifs is 2. The first kappa shape index (κ1) is 14.9. The van der Waals surface area contributed by atoms with Crippen LogP contribution < -0.4 is 10.0 Å². The molecule has 0 aliphatic heterocycles. The third kappa shape index (κ3) is 3.09. The van der Waals surface area contributed by atoms with E-state index in [1.54, 1.807) is 6.92 Å². The predicted octanol–water partition coefficient (Wildman–Crippen LogP) is 1.35. The average molecular weight is 330 g/mol. The highest BCUT2D eigenvalue weighted by molar-refractivity contribution is 7.91. The van der Waals surface area contributed by atoms with E-state index in [4.69, 9.17) is 0 Å². The zero-order chi connectivity index (χ0) is 15.0. The van der Waals surface area contributed by atoms with Gasteiger partial charge in [-0.3, -0.25) is 4.79 Å². The van der Waals surface area contributed by atoms with Crippen LogP contribution in [0.1, 0.15) is 39.0 Å². The highest BCUT2D eigenvalue weighted by atomic mass is 32.2. The second kappa shape index (κ2) is 5.62. The van der Waals surface area contributed by atoms with Gasteiger partial charge in [0, 0.05) is 12.5 Å². The normalized spacial score (nSPS) is 28.0. The average Bonchev–Trinajstić information content (AvgIpc) is 3.13. The molecule has 9 heteroatoms. The molecule has 1 amide bonds. The molecule has 0 radical (unpaired) electrons. The lowest BCUT2D eigenvalue weighted by atomic mass is 9.96. The first-order valence-corrected chi connectivity index (χ1v) is 9.43. The summed E-state index contributed by atoms with van der Waals surface area (Å²) < 4.78 is 27.3. The smallest absolute Gasteiger partial charge is 0.270 e. The molecule has 3 atom stereocenters. The molecule has 116 valence electrons. The van der Waals surface area contributed by atoms with Gasteiger partial charge in [-0.2, -0.15) is 0 Å². The summed E-state index contributed by atoms with van der Waals surface area (Å²) in [6.45, 7) is 1.71. The van der Waals surface area contributed by atoms with Gasteiger partial charge in [-0.15, -0.1) is 10.2 Å². The second-order valence-corrected chi connectivity index (χ2v) is 8.54. The molecule has 2 fully saturated rings. The molecule has 2 bridgehead atoms. The number of sulfonamides is 1. The van der Waals surface area contributed by atoms with E-state index in [-0.39, 0.29) is 21.4 Å². The van der Waals surface area contributed by atoms with Crippen LogP contribution in [0.4, 0.5) is 5.13 Å². The van der Waals surface area contributed by atoms with Crippen molar-refractivity contribution in [2.75, 3.05) is 5.32 Å². The summed E-state index contributed by atoms with van der Waals surface area (Å²) in [5, 5.41) is 10.1. The molecule has 0 aromatic carbocycles. The van der Waals surface area contributed by atoms with Gasteiger partial charge in [-0.25, -0.2) is 13.1 Å². The zero-order valence-corrected chi connectivity index (χ0v) is 13.3. The maximum atomic E-state index is 12.3. The molecule has 1 aromatic rings. The number of rotatable bonds is 5. The number of carbonyl (C=O) groups is 1. The van der Waals surface area contributed by atoms with Gasteiger partial charge in [0.25, 0.3) is 10.0 Å². The third-order valence-electron chi connectivity index (χ3n) is 4.25. The Morgan fingerprint density at radius 1 is 1.33 bits per heavy atom. The van der Waals surface area contributed by atoms with Gasteiger partial charge in [0.1, 0.15) is 0 Å². The molecule has 1 heterocycles. The molecule has 0 saturated heterocycles. The maximum absolute atomic E-state index is 12.3. The maximum Gasteiger partial charge on any atom is 0.270 e. The monoisotopic (exact) mass is 330 g/mol. The molecule has 2 saturated carbocycles. The number of hydrogen-bond acceptors (Lipinski definition) is 6. The van der Waals surface area contributed by atoms with Crippen molar-refractivity contribution in [1.29, 1.82) is 0 Å². The lowest BCUT2D eigenvalue weighted by Crippen LogP contribution is -2.38. The van der Waals surface area contributed by atoms with Gasteiger partial charge in [0.15, 0.2) is 0 Å². The van der Waals surface area contributed by atoms with Crippen molar-refractivity contribution < 1.29 is 13.2 Å². The molecule has 2 N–H and O–H groups in total. The Labute approximate surface area is 127 Å². The lowest BCUT2D eigenvalue weighted by molar-refractivity contribution is -0.115. The number of aromatic nitrogens is 2. The van der Waals surface area contributed by atoms with Gasteiger partial charge < -0.3 is 5.32 Å². The van der Waals surface area contributed by atoms with Crippen LogP contribution in [0.5, 0.6) is 0 Å². The standard InChI is InChI=1S/C12H18N4O3S2/c1-2-10(17)13-11-14-15-12(20-11)21(18,19)16-9-6-7-3-4-8(9)5-7/h7-9,16H,2-6H2,1H3,(H,13,14,17)/t7-,8+,9+/m0/s1. The van der Waals surface area contributed by atoms with Crippen LogP contribution in [0.15, 0.2) is 4.34 Å². The molecule has 0 spiro atoms. The Kier molecular flexibility index (Phi) is 3.98. The minimum atomic E-state index is -3.64. The van der Waals surface area contributed by atoms with E-state index >= 15 is 0 Å². The van der Waals surface area contributed by atoms with Crippen molar-refractivity contribution in [1.82, 2.24) is 14.9 Å². The van der Waals surface area contributed by atoms with Gasteiger partial charge >= 0.3 is 0 Å². The molecule has 2 aliphatic rings. The molecule has 2 aliphatic carbocycles. The number of anilines is 1. The fraction of sp³-hybridized carbons (Fsp3) is 0.750. The molecule has 21 heavy (non-hydrogen) atoms. The molecule has 3 rings (SSSR count). The Balaban J connectivity index is 1.69. The molecular formula is C12H18N4O3S2. The van der Waals surface area contributed by atoms with Crippen LogP contribution >= 0.6 is 11.3 Å². The number of hydrogen-bond donors (Lipinski definition) is 2. The third-order valence-corrected chi connectivity index (χ3v) is 6.94. The second-order valence-electron chi connectivity index (χ2n) is 5.68. The SMILES string of the molecule is CCC(=O)Nc1nnc(S(=O)(=O)N[C@@H]2C[C@H]3CC[C@@H]2C3)s1. The van der Waals surface area contributed by atoms with Crippen LogP contribution in [-0.4, -0.2) is 30.6 Å². The van der Waals surface area contributed by atoms with Crippen molar-refractivity contribution >= 4 is 32.4 Å². The van der Waals surface area contributed by atoms with Crippen molar-refractivity contribution in [3.8, 4) is 0 Å². The van der Waals surface area contributed by atoms with Gasteiger partial charge in [0.2, 0.25) is 15.4 Å². The van der Waals surface area contributed by atoms with Crippen molar-refractivity contribution in [2.24, 2.45) is 11.8 Å². The van der Waals surface area contributed by atoms with Crippen LogP contribution in [-0.2, 0) is 14.8 Å². The first-order valence-electron chi connectivity index (χ1n) is 7.13. The summed E-state index contributed by atoms with van der Waals surface area (Å²) in [5.74, 6) is 0.907. The number of nitrogens with one attached hydrogen (secondary N) is 2. The summed E-state index contributed by atoms with van der Waals surface area (Å²) in [4.78, 5) is 11.3. The summed E-state index contributed by atoms with van der Waals surface area (Å²) in [5.41, 5.74) is 0. The van der Waals surface area contributed by atoms with Crippen LogP contribution in [0.25, 0.3) is 0 Å². The quantitative estimate of drug-likeness (QED) is 0.794. The number of carbonyl (C=O) groups excluding carboxylic acids is 1. The van der Waals surface area contributed by atoms with Crippen LogP contribution in [0.3, 0.4) is 0 Å². The molecule has 0 unspecified atom stereocenters. The largest absolute Gasteiger partial charge is 0.301 e. The fourth-order valence-electron chi connectivity index (χ4n) is 3.22. The Hall–Kier alpha value is -1.06. The van der Waals surface area contributed by atoms with E-state index in [0.29, 0.717) is 18.3 Å². The fourth-order valence-corrected chi connectivity index (χ4v) is 5.47. The van der Waals surface area contributed by atoms with E-state index in [2.05, 4.69) is 20.2 Å². The minimum absolute atomic E-state index is 0.0198. The number of nitrogens with zero attached hydrogens (tertiary/aromatic N) is 2. The van der Waals surface area contributed by atoms with Gasteiger partial charge in [-0.05, 0) is 31.1 Å². The Morgan fingerprint density at radius 2 is 2.14 bits per heavy atom. The molecule has 1 aromatic heterocycles. The van der Waals surface area contributed by atoms with E-state index in [1.165, 1.54) is 6.42 Å². The zero-order valence-electron chi connectivity index (χ0n) is 11.7. The van der Waals surface area contributed by atoms with Crippen molar-refractivity contribution in [3.63, 3.8) is 0 Å².